The summed E-state index contributed by atoms with van der Waals surface area (Å²) >= 11 is 4.89. The van der Waals surface area contributed by atoms with Crippen LogP contribution in [0.15, 0.2) is 48.7 Å². The highest BCUT2D eigenvalue weighted by molar-refractivity contribution is 7.80. The zero-order valence-corrected chi connectivity index (χ0v) is 13.4. The third-order valence-electron chi connectivity index (χ3n) is 3.26. The number of hydrogen-bond donors (Lipinski definition) is 2. The van der Waals surface area contributed by atoms with Crippen LogP contribution in [0.2, 0.25) is 0 Å². The number of nitrogens with zero attached hydrogens (tertiary/aromatic N) is 1. The number of pyridine rings is 1. The number of nitrogens with one attached hydrogen (secondary N) is 2. The van der Waals surface area contributed by atoms with Gasteiger partial charge in [-0.3, -0.25) is 9.78 Å². The second-order valence-electron chi connectivity index (χ2n) is 4.88. The van der Waals surface area contributed by atoms with Crippen molar-refractivity contribution in [3.8, 4) is 0 Å². The monoisotopic (exact) mass is 353 g/mol. The lowest BCUT2D eigenvalue weighted by atomic mass is 9.93. The Bertz CT molecular complexity index is 735. The maximum absolute atomic E-state index is 12.9. The standard InChI is InChI=1S/C16H14F3N3OS/c1-20-15(24)22-14(23)13(10-5-3-2-4-6-10)12-9-11(7-8-21-12)16(17,18)19/h2-9,13H,1H3,(H2,20,22,23,24). The summed E-state index contributed by atoms with van der Waals surface area (Å²) in [7, 11) is 1.53. The molecule has 2 aromatic rings. The Hall–Kier alpha value is -2.48. The first-order chi connectivity index (χ1) is 11.3. The molecule has 0 saturated heterocycles. The molecule has 0 saturated carbocycles. The minimum Gasteiger partial charge on any atom is -0.365 e. The molecular formula is C16H14F3N3OS. The molecule has 24 heavy (non-hydrogen) atoms. The van der Waals surface area contributed by atoms with Crippen LogP contribution < -0.4 is 10.6 Å². The molecule has 1 atom stereocenters. The Morgan fingerprint density at radius 1 is 1.21 bits per heavy atom. The summed E-state index contributed by atoms with van der Waals surface area (Å²) in [6, 6.07) is 10.2. The molecule has 126 valence electrons. The van der Waals surface area contributed by atoms with E-state index < -0.39 is 23.6 Å². The zero-order chi connectivity index (χ0) is 17.7. The van der Waals surface area contributed by atoms with Crippen molar-refractivity contribution in [2.24, 2.45) is 0 Å². The molecule has 1 aromatic heterocycles. The maximum atomic E-state index is 12.9. The van der Waals surface area contributed by atoms with E-state index in [1.807, 2.05) is 0 Å². The molecule has 8 heteroatoms. The van der Waals surface area contributed by atoms with Gasteiger partial charge in [0.25, 0.3) is 0 Å². The van der Waals surface area contributed by atoms with Gasteiger partial charge in [0.2, 0.25) is 5.91 Å². The van der Waals surface area contributed by atoms with Crippen molar-refractivity contribution in [2.45, 2.75) is 12.1 Å². The normalized spacial score (nSPS) is 12.3. The van der Waals surface area contributed by atoms with E-state index in [-0.39, 0.29) is 10.8 Å². The van der Waals surface area contributed by atoms with Crippen LogP contribution >= 0.6 is 12.2 Å². The maximum Gasteiger partial charge on any atom is 0.416 e. The van der Waals surface area contributed by atoms with Crippen molar-refractivity contribution in [3.05, 3.63) is 65.5 Å². The van der Waals surface area contributed by atoms with Crippen LogP contribution in [0.5, 0.6) is 0 Å². The average Bonchev–Trinajstić information content (AvgIpc) is 2.55. The SMILES string of the molecule is CNC(=S)NC(=O)C(c1ccccc1)c1cc(C(F)(F)F)ccn1. The number of benzene rings is 1. The van der Waals surface area contributed by atoms with Crippen LogP contribution in [-0.4, -0.2) is 23.1 Å². The first-order valence-electron chi connectivity index (χ1n) is 6.93. The number of rotatable bonds is 3. The predicted molar refractivity (Wildman–Crippen MR) is 87.3 cm³/mol. The van der Waals surface area contributed by atoms with E-state index in [2.05, 4.69) is 15.6 Å². The van der Waals surface area contributed by atoms with E-state index in [1.165, 1.54) is 7.05 Å². The van der Waals surface area contributed by atoms with Crippen molar-refractivity contribution >= 4 is 23.2 Å². The molecule has 0 radical (unpaired) electrons. The van der Waals surface area contributed by atoms with Gasteiger partial charge in [-0.2, -0.15) is 13.2 Å². The van der Waals surface area contributed by atoms with Crippen LogP contribution in [0.25, 0.3) is 0 Å². The van der Waals surface area contributed by atoms with Gasteiger partial charge in [0.15, 0.2) is 5.11 Å². The zero-order valence-electron chi connectivity index (χ0n) is 12.6. The number of halogens is 3. The number of alkyl halides is 3. The van der Waals surface area contributed by atoms with Gasteiger partial charge < -0.3 is 10.6 Å². The van der Waals surface area contributed by atoms with Gasteiger partial charge in [-0.05, 0) is 29.9 Å². The van der Waals surface area contributed by atoms with Crippen molar-refractivity contribution in [1.29, 1.82) is 0 Å². The van der Waals surface area contributed by atoms with E-state index in [1.54, 1.807) is 30.3 Å². The molecule has 2 N–H and O–H groups in total. The Labute approximate surface area is 142 Å². The smallest absolute Gasteiger partial charge is 0.365 e. The molecule has 4 nitrogen and oxygen atoms in total. The number of thiocarbonyl (C=S) groups is 1. The van der Waals surface area contributed by atoms with Gasteiger partial charge >= 0.3 is 6.18 Å². The lowest BCUT2D eigenvalue weighted by Gasteiger charge is -2.18. The van der Waals surface area contributed by atoms with Crippen molar-refractivity contribution in [1.82, 2.24) is 15.6 Å². The molecule has 1 aromatic carbocycles. The van der Waals surface area contributed by atoms with Crippen molar-refractivity contribution in [3.63, 3.8) is 0 Å². The topological polar surface area (TPSA) is 54.0 Å². The van der Waals surface area contributed by atoms with Crippen LogP contribution in [0.4, 0.5) is 13.2 Å². The van der Waals surface area contributed by atoms with Crippen LogP contribution in [0.3, 0.4) is 0 Å². The Balaban J connectivity index is 2.47. The summed E-state index contributed by atoms with van der Waals surface area (Å²) in [6.07, 6.45) is -3.48. The molecule has 1 heterocycles. The number of hydrogen-bond acceptors (Lipinski definition) is 3. The molecule has 0 aliphatic heterocycles. The predicted octanol–water partition coefficient (Wildman–Crippen LogP) is 2.85. The molecule has 1 amide bonds. The number of carbonyl (C=O) groups is 1. The summed E-state index contributed by atoms with van der Waals surface area (Å²) in [4.78, 5) is 16.5. The molecule has 0 fully saturated rings. The van der Waals surface area contributed by atoms with Gasteiger partial charge in [-0.25, -0.2) is 0 Å². The van der Waals surface area contributed by atoms with E-state index >= 15 is 0 Å². The van der Waals surface area contributed by atoms with Crippen molar-refractivity contribution in [2.75, 3.05) is 7.05 Å². The quantitative estimate of drug-likeness (QED) is 0.834. The lowest BCUT2D eigenvalue weighted by Crippen LogP contribution is -2.40. The fourth-order valence-electron chi connectivity index (χ4n) is 2.13. The van der Waals surface area contributed by atoms with Gasteiger partial charge in [-0.1, -0.05) is 30.3 Å². The van der Waals surface area contributed by atoms with E-state index in [4.69, 9.17) is 12.2 Å². The molecule has 0 bridgehead atoms. The molecule has 0 aliphatic carbocycles. The Morgan fingerprint density at radius 2 is 1.88 bits per heavy atom. The lowest BCUT2D eigenvalue weighted by molar-refractivity contribution is -0.137. The molecular weight excluding hydrogens is 339 g/mol. The fourth-order valence-corrected chi connectivity index (χ4v) is 2.23. The molecule has 0 aliphatic rings. The summed E-state index contributed by atoms with van der Waals surface area (Å²) in [5, 5.41) is 5.11. The summed E-state index contributed by atoms with van der Waals surface area (Å²) in [6.45, 7) is 0. The second-order valence-corrected chi connectivity index (χ2v) is 5.29. The second kappa shape index (κ2) is 7.39. The average molecular weight is 353 g/mol. The Morgan fingerprint density at radius 3 is 2.46 bits per heavy atom. The first kappa shape index (κ1) is 17.9. The van der Waals surface area contributed by atoms with E-state index in [9.17, 15) is 18.0 Å². The minimum absolute atomic E-state index is 0.00701. The molecule has 1 unspecified atom stereocenters. The number of aromatic nitrogens is 1. The van der Waals surface area contributed by atoms with Gasteiger partial charge in [-0.15, -0.1) is 0 Å². The van der Waals surface area contributed by atoms with E-state index in [0.29, 0.717) is 5.56 Å². The Kier molecular flexibility index (Phi) is 5.50. The summed E-state index contributed by atoms with van der Waals surface area (Å²) in [5.41, 5.74) is -0.356. The van der Waals surface area contributed by atoms with Crippen molar-refractivity contribution < 1.29 is 18.0 Å². The largest absolute Gasteiger partial charge is 0.416 e. The number of amides is 1. The van der Waals surface area contributed by atoms with E-state index in [0.717, 1.165) is 18.3 Å². The number of carbonyl (C=O) groups excluding carboxylic acids is 1. The van der Waals surface area contributed by atoms with Gasteiger partial charge in [0, 0.05) is 13.2 Å². The molecule has 0 spiro atoms. The minimum atomic E-state index is -4.52. The fraction of sp³-hybridized carbons (Fsp3) is 0.188. The van der Waals surface area contributed by atoms with Crippen LogP contribution in [-0.2, 0) is 11.0 Å². The van der Waals surface area contributed by atoms with Crippen LogP contribution in [0, 0.1) is 0 Å². The molecule has 2 rings (SSSR count). The highest BCUT2D eigenvalue weighted by Gasteiger charge is 2.33. The third kappa shape index (κ3) is 4.29. The van der Waals surface area contributed by atoms with Crippen LogP contribution in [0.1, 0.15) is 22.7 Å². The summed E-state index contributed by atoms with van der Waals surface area (Å²) < 4.78 is 38.8. The van der Waals surface area contributed by atoms with Gasteiger partial charge in [0.1, 0.15) is 5.92 Å². The van der Waals surface area contributed by atoms with Gasteiger partial charge in [0.05, 0.1) is 11.3 Å². The highest BCUT2D eigenvalue weighted by atomic mass is 32.1. The third-order valence-corrected chi connectivity index (χ3v) is 3.57. The first-order valence-corrected chi connectivity index (χ1v) is 7.34. The summed E-state index contributed by atoms with van der Waals surface area (Å²) in [5.74, 6) is -1.58. The highest BCUT2D eigenvalue weighted by Crippen LogP contribution is 2.32.